The molecule has 1 aromatic heterocycles. The summed E-state index contributed by atoms with van der Waals surface area (Å²) < 4.78 is 49.9. The summed E-state index contributed by atoms with van der Waals surface area (Å²) in [5.41, 5.74) is 7.20. The topological polar surface area (TPSA) is 3.88 Å². The van der Waals surface area contributed by atoms with E-state index in [0.717, 1.165) is 49.8 Å². The van der Waals surface area contributed by atoms with E-state index in [1.165, 1.54) is 0 Å². The van der Waals surface area contributed by atoms with E-state index < -0.39 is 13.7 Å². The lowest BCUT2D eigenvalue weighted by atomic mass is 9.93. The van der Waals surface area contributed by atoms with Gasteiger partial charge in [0.2, 0.25) is 5.69 Å². The molecule has 0 spiro atoms. The number of hydrogen-bond donors (Lipinski definition) is 0. The summed E-state index contributed by atoms with van der Waals surface area (Å²) in [6.07, 6.45) is 2.35. The van der Waals surface area contributed by atoms with Crippen LogP contribution in [0.25, 0.3) is 33.2 Å². The van der Waals surface area contributed by atoms with Gasteiger partial charge in [-0.2, -0.15) is 0 Å². The second-order valence-corrected chi connectivity index (χ2v) is 7.38. The fourth-order valence-electron chi connectivity index (χ4n) is 4.51. The number of hydrogen-bond acceptors (Lipinski definition) is 0. The molecule has 0 unspecified atom stereocenters. The number of benzene rings is 3. The van der Waals surface area contributed by atoms with Crippen LogP contribution in [0.15, 0.2) is 60.8 Å². The maximum Gasteiger partial charge on any atom is 0.216 e. The molecule has 0 saturated carbocycles. The maximum absolute atomic E-state index is 8.26. The van der Waals surface area contributed by atoms with Crippen molar-refractivity contribution in [1.82, 2.24) is 0 Å². The quantitative estimate of drug-likeness (QED) is 0.333. The van der Waals surface area contributed by atoms with Crippen LogP contribution in [0.4, 0.5) is 0 Å². The molecule has 3 aromatic carbocycles. The molecule has 0 N–H and O–H groups in total. The van der Waals surface area contributed by atoms with Crippen LogP contribution < -0.4 is 4.57 Å². The zero-order valence-corrected chi connectivity index (χ0v) is 15.4. The first kappa shape index (κ1) is 11.0. The molecule has 4 aromatic rings. The molecule has 1 heteroatoms. The predicted octanol–water partition coefficient (Wildman–Crippen LogP) is 5.83. The van der Waals surface area contributed by atoms with E-state index in [0.29, 0.717) is 17.5 Å². The fourth-order valence-corrected chi connectivity index (χ4v) is 4.51. The van der Waals surface area contributed by atoms with Crippen molar-refractivity contribution < 1.29 is 12.8 Å². The van der Waals surface area contributed by atoms with Crippen molar-refractivity contribution in [2.75, 3.05) is 0 Å². The number of aromatic nitrogens is 1. The molecule has 0 amide bonds. The second kappa shape index (κ2) is 5.79. The molecule has 0 radical (unpaired) electrons. The SMILES string of the molecule is [2H]C([2H])([2H])c1ccc(-c2c3c(c(C([2H])([2H])[2H])c[n+]2C)-c2c(ccc4ccccc24)C3)c(C)c1. The summed E-state index contributed by atoms with van der Waals surface area (Å²) in [4.78, 5) is 0. The Hall–Kier alpha value is -2.93. The van der Waals surface area contributed by atoms with Gasteiger partial charge in [-0.15, -0.1) is 0 Å². The van der Waals surface area contributed by atoms with Crippen LogP contribution in [0.1, 0.15) is 36.0 Å². The average Bonchev–Trinajstić information content (AvgIpc) is 3.12. The zero-order chi connectivity index (χ0) is 23.7. The normalized spacial score (nSPS) is 16.5. The Morgan fingerprint density at radius 1 is 0.926 bits per heavy atom. The minimum Gasteiger partial charge on any atom is -0.200 e. The molecule has 5 rings (SSSR count). The Labute approximate surface area is 169 Å². The van der Waals surface area contributed by atoms with E-state index >= 15 is 0 Å². The maximum atomic E-state index is 8.26. The van der Waals surface area contributed by atoms with Crippen molar-refractivity contribution in [3.8, 4) is 22.4 Å². The first-order valence-corrected chi connectivity index (χ1v) is 9.15. The van der Waals surface area contributed by atoms with Crippen molar-refractivity contribution in [3.05, 3.63) is 88.6 Å². The number of pyridine rings is 1. The summed E-state index contributed by atoms with van der Waals surface area (Å²) in [6, 6.07) is 17.5. The lowest BCUT2D eigenvalue weighted by Crippen LogP contribution is -2.33. The Kier molecular flexibility index (Phi) is 2.36. The molecule has 27 heavy (non-hydrogen) atoms. The molecular weight excluding hydrogens is 326 g/mol. The highest BCUT2D eigenvalue weighted by atomic mass is 14.9. The average molecular weight is 357 g/mol. The number of aryl methyl sites for hydroxylation is 4. The zero-order valence-electron chi connectivity index (χ0n) is 21.4. The molecule has 1 aliphatic rings. The Balaban J connectivity index is 1.85. The standard InChI is InChI=1S/C26H24N/c1-16-9-12-21(17(2)13-16)26-23-14-20-11-10-19-7-5-6-8-22(19)25(20)24(23)18(3)15-27(26)4/h5-13,15H,14H2,1-4H3/q+1/i1D3,3D3. The minimum absolute atomic E-state index is 0.302. The van der Waals surface area contributed by atoms with Crippen LogP contribution >= 0.6 is 0 Å². The van der Waals surface area contributed by atoms with E-state index in [-0.39, 0.29) is 0 Å². The second-order valence-electron chi connectivity index (χ2n) is 7.38. The van der Waals surface area contributed by atoms with E-state index in [2.05, 4.69) is 18.2 Å². The van der Waals surface area contributed by atoms with Gasteiger partial charge in [-0.25, -0.2) is 4.57 Å². The molecular formula is C26H24N+. The van der Waals surface area contributed by atoms with Gasteiger partial charge >= 0.3 is 0 Å². The highest BCUT2D eigenvalue weighted by Gasteiger charge is 2.31. The molecule has 0 saturated heterocycles. The van der Waals surface area contributed by atoms with Gasteiger partial charge in [-0.1, -0.05) is 54.1 Å². The smallest absolute Gasteiger partial charge is 0.200 e. The van der Waals surface area contributed by atoms with Crippen molar-refractivity contribution in [2.24, 2.45) is 7.05 Å². The highest BCUT2D eigenvalue weighted by Crippen LogP contribution is 2.45. The van der Waals surface area contributed by atoms with Crippen molar-refractivity contribution in [2.45, 2.75) is 27.0 Å². The van der Waals surface area contributed by atoms with E-state index in [9.17, 15) is 0 Å². The first-order chi connectivity index (χ1) is 15.5. The number of rotatable bonds is 1. The largest absolute Gasteiger partial charge is 0.216 e. The summed E-state index contributed by atoms with van der Waals surface area (Å²) in [5.74, 6) is 0. The molecule has 1 aliphatic carbocycles. The van der Waals surface area contributed by atoms with Crippen molar-refractivity contribution >= 4 is 10.8 Å². The van der Waals surface area contributed by atoms with Crippen LogP contribution in [0.5, 0.6) is 0 Å². The van der Waals surface area contributed by atoms with Gasteiger partial charge in [0, 0.05) is 36.9 Å². The lowest BCUT2D eigenvalue weighted by molar-refractivity contribution is -0.661. The third-order valence-corrected chi connectivity index (χ3v) is 5.65. The van der Waals surface area contributed by atoms with Gasteiger partial charge in [0.15, 0.2) is 6.20 Å². The Bertz CT molecular complexity index is 1430. The van der Waals surface area contributed by atoms with Gasteiger partial charge in [0.1, 0.15) is 7.05 Å². The molecule has 0 fully saturated rings. The number of fused-ring (bicyclic) bond motifs is 5. The van der Waals surface area contributed by atoms with Gasteiger partial charge in [-0.3, -0.25) is 0 Å². The van der Waals surface area contributed by atoms with E-state index in [1.807, 2.05) is 42.8 Å². The van der Waals surface area contributed by atoms with Crippen LogP contribution in [0.2, 0.25) is 0 Å². The monoisotopic (exact) mass is 356 g/mol. The molecule has 1 nitrogen and oxygen atoms in total. The summed E-state index contributed by atoms with van der Waals surface area (Å²) in [6.45, 7) is -2.53. The molecule has 1 heterocycles. The summed E-state index contributed by atoms with van der Waals surface area (Å²) >= 11 is 0. The minimum atomic E-state index is -2.26. The van der Waals surface area contributed by atoms with Gasteiger partial charge in [0.05, 0.1) is 0 Å². The molecule has 0 atom stereocenters. The van der Waals surface area contributed by atoms with Crippen LogP contribution in [-0.4, -0.2) is 0 Å². The fraction of sp³-hybridized carbons (Fsp3) is 0.192. The first-order valence-electron chi connectivity index (χ1n) is 12.2. The highest BCUT2D eigenvalue weighted by molar-refractivity contribution is 6.02. The Morgan fingerprint density at radius 2 is 1.81 bits per heavy atom. The van der Waals surface area contributed by atoms with E-state index in [1.54, 1.807) is 18.3 Å². The molecule has 0 aliphatic heterocycles. The summed E-state index contributed by atoms with van der Waals surface area (Å²) in [5, 5.41) is 2.13. The molecule has 132 valence electrons. The van der Waals surface area contributed by atoms with Crippen molar-refractivity contribution in [1.29, 1.82) is 0 Å². The van der Waals surface area contributed by atoms with Gasteiger partial charge in [-0.05, 0) is 54.2 Å². The Morgan fingerprint density at radius 3 is 2.63 bits per heavy atom. The van der Waals surface area contributed by atoms with Crippen LogP contribution in [0, 0.1) is 20.6 Å². The summed E-state index contributed by atoms with van der Waals surface area (Å²) in [7, 11) is 1.86. The predicted molar refractivity (Wildman–Crippen MR) is 113 cm³/mol. The number of nitrogens with zero attached hydrogens (tertiary/aromatic N) is 1. The van der Waals surface area contributed by atoms with Gasteiger partial charge in [0.25, 0.3) is 0 Å². The van der Waals surface area contributed by atoms with Crippen LogP contribution in [-0.2, 0) is 13.5 Å². The van der Waals surface area contributed by atoms with Gasteiger partial charge < -0.3 is 0 Å². The van der Waals surface area contributed by atoms with Crippen LogP contribution in [0.3, 0.4) is 0 Å². The van der Waals surface area contributed by atoms with E-state index in [4.69, 9.17) is 8.22 Å². The lowest BCUT2D eigenvalue weighted by Gasteiger charge is -2.13. The molecule has 0 bridgehead atoms. The third kappa shape index (κ3) is 2.35. The third-order valence-electron chi connectivity index (χ3n) is 5.65. The van der Waals surface area contributed by atoms with Crippen molar-refractivity contribution in [3.63, 3.8) is 0 Å².